The van der Waals surface area contributed by atoms with Gasteiger partial charge in [-0.25, -0.2) is 4.39 Å². The second-order valence-electron chi connectivity index (χ2n) is 8.20. The molecule has 1 aliphatic heterocycles. The molecule has 0 saturated heterocycles. The van der Waals surface area contributed by atoms with Crippen LogP contribution in [0, 0.1) is 5.82 Å². The average Bonchev–Trinajstić information content (AvgIpc) is 3.03. The van der Waals surface area contributed by atoms with Crippen LogP contribution in [0.2, 0.25) is 0 Å². The Morgan fingerprint density at radius 3 is 2.25 bits per heavy atom. The molecule has 0 unspecified atom stereocenters. The Kier molecular flexibility index (Phi) is 5.57. The molecule has 1 atom stereocenters. The highest BCUT2D eigenvalue weighted by molar-refractivity contribution is 6.22. The third-order valence-corrected chi connectivity index (χ3v) is 5.50. The van der Waals surface area contributed by atoms with Crippen molar-refractivity contribution in [1.29, 1.82) is 0 Å². The summed E-state index contributed by atoms with van der Waals surface area (Å²) in [5.41, 5.74) is 0.756. The van der Waals surface area contributed by atoms with Gasteiger partial charge in [-0.05, 0) is 55.8 Å². The van der Waals surface area contributed by atoms with Crippen molar-refractivity contribution in [3.05, 3.63) is 101 Å². The molecule has 6 nitrogen and oxygen atoms in total. The zero-order valence-electron chi connectivity index (χ0n) is 17.7. The summed E-state index contributed by atoms with van der Waals surface area (Å²) in [5.74, 6) is -2.08. The van der Waals surface area contributed by atoms with Crippen molar-refractivity contribution in [2.75, 3.05) is 0 Å². The summed E-state index contributed by atoms with van der Waals surface area (Å²) in [6, 6.07) is 16.4. The first-order valence-electron chi connectivity index (χ1n) is 10.2. The maximum Gasteiger partial charge on any atom is 0.262 e. The quantitative estimate of drug-likeness (QED) is 0.606. The van der Waals surface area contributed by atoms with E-state index in [9.17, 15) is 18.8 Å². The molecule has 1 aromatic heterocycles. The molecule has 0 radical (unpaired) electrons. The number of fused-ring (bicyclic) bond motifs is 1. The molecule has 0 saturated carbocycles. The number of aromatic nitrogens is 1. The fraction of sp³-hybridized carbons (Fsp3) is 0.200. The number of nitrogens with one attached hydrogen (secondary N) is 1. The number of pyridine rings is 1. The summed E-state index contributed by atoms with van der Waals surface area (Å²) < 4.78 is 13.8. The predicted molar refractivity (Wildman–Crippen MR) is 116 cm³/mol. The van der Waals surface area contributed by atoms with Gasteiger partial charge in [-0.1, -0.05) is 30.3 Å². The van der Waals surface area contributed by atoms with Crippen LogP contribution in [0.1, 0.15) is 45.8 Å². The van der Waals surface area contributed by atoms with Gasteiger partial charge in [-0.15, -0.1) is 0 Å². The van der Waals surface area contributed by atoms with Crippen molar-refractivity contribution in [3.63, 3.8) is 0 Å². The Morgan fingerprint density at radius 1 is 1.00 bits per heavy atom. The molecule has 162 valence electrons. The van der Waals surface area contributed by atoms with Crippen LogP contribution in [-0.2, 0) is 16.8 Å². The molecular formula is C25H22FN3O3. The van der Waals surface area contributed by atoms with Crippen LogP contribution < -0.4 is 5.32 Å². The smallest absolute Gasteiger partial charge is 0.262 e. The summed E-state index contributed by atoms with van der Waals surface area (Å²) in [6.07, 6.45) is 1.60. The fourth-order valence-electron chi connectivity index (χ4n) is 3.87. The molecule has 1 aliphatic rings. The molecule has 0 spiro atoms. The topological polar surface area (TPSA) is 79.4 Å². The molecule has 7 heteroatoms. The van der Waals surface area contributed by atoms with Crippen LogP contribution in [-0.4, -0.2) is 33.6 Å². The van der Waals surface area contributed by atoms with Gasteiger partial charge in [0.25, 0.3) is 11.8 Å². The number of amides is 3. The van der Waals surface area contributed by atoms with Crippen LogP contribution in [0.3, 0.4) is 0 Å². The van der Waals surface area contributed by atoms with Crippen molar-refractivity contribution in [3.8, 4) is 0 Å². The highest BCUT2D eigenvalue weighted by Crippen LogP contribution is 2.27. The molecule has 32 heavy (non-hydrogen) atoms. The lowest BCUT2D eigenvalue weighted by molar-refractivity contribution is -0.126. The number of rotatable bonds is 6. The van der Waals surface area contributed by atoms with Crippen LogP contribution >= 0.6 is 0 Å². The van der Waals surface area contributed by atoms with Crippen molar-refractivity contribution in [1.82, 2.24) is 15.2 Å². The van der Waals surface area contributed by atoms with E-state index in [1.165, 1.54) is 18.2 Å². The molecule has 2 aromatic carbocycles. The van der Waals surface area contributed by atoms with Crippen LogP contribution in [0.4, 0.5) is 4.39 Å². The highest BCUT2D eigenvalue weighted by atomic mass is 19.1. The van der Waals surface area contributed by atoms with E-state index >= 15 is 0 Å². The van der Waals surface area contributed by atoms with E-state index < -0.39 is 35.1 Å². The molecular weight excluding hydrogens is 409 g/mol. The van der Waals surface area contributed by atoms with E-state index in [0.29, 0.717) is 11.3 Å². The minimum absolute atomic E-state index is 0.0205. The van der Waals surface area contributed by atoms with Gasteiger partial charge in [0, 0.05) is 12.6 Å². The van der Waals surface area contributed by atoms with E-state index in [0.717, 1.165) is 4.90 Å². The number of halogens is 1. The number of carbonyl (C=O) groups excluding carboxylic acids is 3. The predicted octanol–water partition coefficient (Wildman–Crippen LogP) is 3.48. The summed E-state index contributed by atoms with van der Waals surface area (Å²) in [5, 5.41) is 2.91. The summed E-state index contributed by atoms with van der Waals surface area (Å²) >= 11 is 0. The first-order chi connectivity index (χ1) is 15.3. The highest BCUT2D eigenvalue weighted by Gasteiger charge is 2.43. The van der Waals surface area contributed by atoms with Gasteiger partial charge in [-0.3, -0.25) is 24.3 Å². The minimum Gasteiger partial charge on any atom is -0.344 e. The minimum atomic E-state index is -1.16. The zero-order chi connectivity index (χ0) is 22.9. The second-order valence-corrected chi connectivity index (χ2v) is 8.20. The summed E-state index contributed by atoms with van der Waals surface area (Å²) in [6.45, 7) is 3.57. The van der Waals surface area contributed by atoms with Gasteiger partial charge < -0.3 is 5.32 Å². The van der Waals surface area contributed by atoms with E-state index in [2.05, 4.69) is 10.3 Å². The van der Waals surface area contributed by atoms with Gasteiger partial charge in [0.05, 0.1) is 22.4 Å². The van der Waals surface area contributed by atoms with Gasteiger partial charge in [-0.2, -0.15) is 0 Å². The standard InChI is InChI=1S/C25H22FN3O3/c1-25(2,21-12-5-6-13-27-21)28-22(30)20(15-16-8-7-9-17(26)14-16)29-23(31)18-10-3-4-11-19(18)24(29)32/h3-14,20H,15H2,1-2H3,(H,28,30)/t20-/m0/s1. The average molecular weight is 431 g/mol. The maximum absolute atomic E-state index is 13.8. The normalized spacial score (nSPS) is 14.3. The maximum atomic E-state index is 13.8. The van der Waals surface area contributed by atoms with Crippen molar-refractivity contribution >= 4 is 17.7 Å². The monoisotopic (exact) mass is 431 g/mol. The first kappa shape index (κ1) is 21.4. The number of hydrogen-bond acceptors (Lipinski definition) is 4. The number of nitrogens with zero attached hydrogens (tertiary/aromatic N) is 2. The van der Waals surface area contributed by atoms with Crippen LogP contribution in [0.15, 0.2) is 72.9 Å². The Labute approximate surface area is 185 Å². The Balaban J connectivity index is 1.69. The van der Waals surface area contributed by atoms with E-state index in [-0.39, 0.29) is 17.5 Å². The molecule has 1 N–H and O–H groups in total. The largest absolute Gasteiger partial charge is 0.344 e. The SMILES string of the molecule is CC(C)(NC(=O)[C@H](Cc1cccc(F)c1)N1C(=O)c2ccccc2C1=O)c1ccccn1. The lowest BCUT2D eigenvalue weighted by Crippen LogP contribution is -2.54. The zero-order valence-corrected chi connectivity index (χ0v) is 17.7. The Hall–Kier alpha value is -3.87. The Bertz CT molecular complexity index is 1160. The second kappa shape index (κ2) is 8.34. The van der Waals surface area contributed by atoms with Gasteiger partial charge in [0.15, 0.2) is 0 Å². The third-order valence-electron chi connectivity index (χ3n) is 5.50. The number of imide groups is 1. The van der Waals surface area contributed by atoms with Gasteiger partial charge >= 0.3 is 0 Å². The molecule has 0 bridgehead atoms. The fourth-order valence-corrected chi connectivity index (χ4v) is 3.87. The number of benzene rings is 2. The molecule has 4 rings (SSSR count). The third kappa shape index (κ3) is 4.01. The Morgan fingerprint density at radius 2 is 1.66 bits per heavy atom. The molecule has 0 aliphatic carbocycles. The van der Waals surface area contributed by atoms with Gasteiger partial charge in [0.2, 0.25) is 5.91 Å². The van der Waals surface area contributed by atoms with Crippen molar-refractivity contribution in [2.45, 2.75) is 31.8 Å². The van der Waals surface area contributed by atoms with E-state index in [1.807, 2.05) is 6.07 Å². The molecule has 3 amide bonds. The molecule has 2 heterocycles. The summed E-state index contributed by atoms with van der Waals surface area (Å²) in [4.78, 5) is 44.9. The molecule has 3 aromatic rings. The van der Waals surface area contributed by atoms with Crippen molar-refractivity contribution < 1.29 is 18.8 Å². The summed E-state index contributed by atoms with van der Waals surface area (Å²) in [7, 11) is 0. The lowest BCUT2D eigenvalue weighted by Gasteiger charge is -2.31. The first-order valence-corrected chi connectivity index (χ1v) is 10.2. The lowest BCUT2D eigenvalue weighted by atomic mass is 9.97. The van der Waals surface area contributed by atoms with E-state index in [4.69, 9.17) is 0 Å². The number of hydrogen-bond donors (Lipinski definition) is 1. The molecule has 0 fully saturated rings. The van der Waals surface area contributed by atoms with Gasteiger partial charge in [0.1, 0.15) is 11.9 Å². The van der Waals surface area contributed by atoms with Crippen molar-refractivity contribution in [2.24, 2.45) is 0 Å². The van der Waals surface area contributed by atoms with Crippen LogP contribution in [0.5, 0.6) is 0 Å². The number of carbonyl (C=O) groups is 3. The van der Waals surface area contributed by atoms with Crippen LogP contribution in [0.25, 0.3) is 0 Å². The van der Waals surface area contributed by atoms with E-state index in [1.54, 1.807) is 62.5 Å².